The molecule has 1 aliphatic rings. The topological polar surface area (TPSA) is 21.1 Å². The molecular formula is C21H25N3. The summed E-state index contributed by atoms with van der Waals surface area (Å²) in [6.07, 6.45) is 4.01. The molecule has 0 spiro atoms. The first-order chi connectivity index (χ1) is 11.8. The summed E-state index contributed by atoms with van der Waals surface area (Å²) < 4.78 is 2.40. The van der Waals surface area contributed by atoms with Crippen LogP contribution in [0.25, 0.3) is 11.0 Å². The molecule has 3 aromatic rings. The highest BCUT2D eigenvalue weighted by molar-refractivity contribution is 5.76. The van der Waals surface area contributed by atoms with Crippen molar-refractivity contribution in [2.45, 2.75) is 39.3 Å². The van der Waals surface area contributed by atoms with Crippen LogP contribution >= 0.6 is 0 Å². The molecule has 0 bridgehead atoms. The van der Waals surface area contributed by atoms with Gasteiger partial charge in [-0.1, -0.05) is 48.4 Å². The highest BCUT2D eigenvalue weighted by Gasteiger charge is 2.16. The number of aryl methyl sites for hydroxylation is 1. The lowest BCUT2D eigenvalue weighted by molar-refractivity contribution is 0.214. The summed E-state index contributed by atoms with van der Waals surface area (Å²) in [6, 6.07) is 17.3. The number of aromatic nitrogens is 2. The van der Waals surface area contributed by atoms with E-state index >= 15 is 0 Å². The molecule has 1 aliphatic heterocycles. The predicted molar refractivity (Wildman–Crippen MR) is 99.1 cm³/mol. The number of nitrogens with zero attached hydrogens (tertiary/aromatic N) is 3. The van der Waals surface area contributed by atoms with Gasteiger partial charge in [0.25, 0.3) is 0 Å². The van der Waals surface area contributed by atoms with Crippen molar-refractivity contribution >= 4 is 11.0 Å². The third kappa shape index (κ3) is 3.22. The van der Waals surface area contributed by atoms with Crippen molar-refractivity contribution in [2.24, 2.45) is 0 Å². The predicted octanol–water partition coefficient (Wildman–Crippen LogP) is 4.38. The van der Waals surface area contributed by atoms with Crippen LogP contribution in [0.2, 0.25) is 0 Å². The van der Waals surface area contributed by atoms with Gasteiger partial charge in [-0.3, -0.25) is 4.90 Å². The monoisotopic (exact) mass is 319 g/mol. The lowest BCUT2D eigenvalue weighted by Gasteiger charge is -2.26. The average Bonchev–Trinajstić information content (AvgIpc) is 2.93. The van der Waals surface area contributed by atoms with Gasteiger partial charge in [0.15, 0.2) is 0 Å². The van der Waals surface area contributed by atoms with E-state index in [2.05, 4.69) is 64.9 Å². The lowest BCUT2D eigenvalue weighted by Crippen LogP contribution is -2.30. The van der Waals surface area contributed by atoms with Crippen LogP contribution in [0.3, 0.4) is 0 Å². The van der Waals surface area contributed by atoms with Crippen LogP contribution in [0.5, 0.6) is 0 Å². The fourth-order valence-electron chi connectivity index (χ4n) is 3.73. The van der Waals surface area contributed by atoms with E-state index in [-0.39, 0.29) is 0 Å². The normalized spacial score (nSPS) is 15.9. The summed E-state index contributed by atoms with van der Waals surface area (Å²) in [5.74, 6) is 1.19. The number of rotatable bonds is 4. The molecule has 24 heavy (non-hydrogen) atoms. The second-order valence-electron chi connectivity index (χ2n) is 6.93. The maximum atomic E-state index is 4.95. The van der Waals surface area contributed by atoms with E-state index in [1.165, 1.54) is 54.8 Å². The van der Waals surface area contributed by atoms with Crippen molar-refractivity contribution < 1.29 is 0 Å². The van der Waals surface area contributed by atoms with Crippen molar-refractivity contribution in [2.75, 3.05) is 13.1 Å². The minimum atomic E-state index is 0.894. The second-order valence-corrected chi connectivity index (χ2v) is 6.93. The van der Waals surface area contributed by atoms with E-state index in [1.54, 1.807) is 0 Å². The van der Waals surface area contributed by atoms with E-state index in [0.717, 1.165) is 18.6 Å². The van der Waals surface area contributed by atoms with Crippen LogP contribution in [-0.2, 0) is 13.1 Å². The van der Waals surface area contributed by atoms with Gasteiger partial charge >= 0.3 is 0 Å². The number of hydrogen-bond donors (Lipinski definition) is 0. The van der Waals surface area contributed by atoms with Crippen molar-refractivity contribution in [1.29, 1.82) is 0 Å². The maximum Gasteiger partial charge on any atom is 0.124 e. The Kier molecular flexibility index (Phi) is 4.35. The Hall–Kier alpha value is -2.13. The summed E-state index contributed by atoms with van der Waals surface area (Å²) in [5, 5.41) is 0. The van der Waals surface area contributed by atoms with E-state index in [0.29, 0.717) is 0 Å². The highest BCUT2D eigenvalue weighted by atomic mass is 15.2. The minimum Gasteiger partial charge on any atom is -0.322 e. The van der Waals surface area contributed by atoms with Gasteiger partial charge in [-0.05, 0) is 50.6 Å². The number of benzene rings is 2. The smallest absolute Gasteiger partial charge is 0.124 e. The molecule has 124 valence electrons. The molecule has 2 aromatic carbocycles. The fourth-order valence-corrected chi connectivity index (χ4v) is 3.73. The zero-order valence-corrected chi connectivity index (χ0v) is 14.4. The third-order valence-electron chi connectivity index (χ3n) is 4.97. The molecule has 0 atom stereocenters. The molecular weight excluding hydrogens is 294 g/mol. The number of piperidine rings is 1. The molecule has 1 saturated heterocycles. The van der Waals surface area contributed by atoms with Crippen LogP contribution in [0.4, 0.5) is 0 Å². The van der Waals surface area contributed by atoms with Crippen LogP contribution in [0.15, 0.2) is 48.5 Å². The summed E-state index contributed by atoms with van der Waals surface area (Å²) in [5.41, 5.74) is 5.01. The molecule has 0 radical (unpaired) electrons. The molecule has 3 heteroatoms. The van der Waals surface area contributed by atoms with E-state index < -0.39 is 0 Å². The largest absolute Gasteiger partial charge is 0.322 e. The number of likely N-dealkylation sites (tertiary alicyclic amines) is 1. The first-order valence-corrected chi connectivity index (χ1v) is 9.02. The Balaban J connectivity index is 1.69. The molecule has 0 amide bonds. The van der Waals surface area contributed by atoms with Gasteiger partial charge in [-0.25, -0.2) is 4.98 Å². The Morgan fingerprint density at radius 3 is 2.58 bits per heavy atom. The molecule has 2 heterocycles. The van der Waals surface area contributed by atoms with E-state index in [9.17, 15) is 0 Å². The van der Waals surface area contributed by atoms with Crippen molar-refractivity contribution in [3.63, 3.8) is 0 Å². The van der Waals surface area contributed by atoms with Gasteiger partial charge < -0.3 is 4.57 Å². The minimum absolute atomic E-state index is 0.894. The number of hydrogen-bond acceptors (Lipinski definition) is 2. The van der Waals surface area contributed by atoms with E-state index in [1.807, 2.05) is 0 Å². The molecule has 1 aromatic heterocycles. The molecule has 3 nitrogen and oxygen atoms in total. The fraction of sp³-hybridized carbons (Fsp3) is 0.381. The first kappa shape index (κ1) is 15.4. The molecule has 0 unspecified atom stereocenters. The Morgan fingerprint density at radius 2 is 1.75 bits per heavy atom. The summed E-state index contributed by atoms with van der Waals surface area (Å²) in [6.45, 7) is 6.41. The van der Waals surface area contributed by atoms with Gasteiger partial charge in [0, 0.05) is 6.54 Å². The van der Waals surface area contributed by atoms with Crippen LogP contribution in [0, 0.1) is 6.92 Å². The standard InChI is InChI=1S/C21H25N3/c1-17-8-7-9-18(14-17)15-24-20-11-4-3-10-19(20)22-21(24)16-23-12-5-2-6-13-23/h3-4,7-11,14H,2,5-6,12-13,15-16H2,1H3. The highest BCUT2D eigenvalue weighted by Crippen LogP contribution is 2.21. The second kappa shape index (κ2) is 6.78. The zero-order valence-electron chi connectivity index (χ0n) is 14.4. The van der Waals surface area contributed by atoms with Crippen LogP contribution in [-0.4, -0.2) is 27.5 Å². The lowest BCUT2D eigenvalue weighted by atomic mass is 10.1. The van der Waals surface area contributed by atoms with Gasteiger partial charge in [0.2, 0.25) is 0 Å². The van der Waals surface area contributed by atoms with Crippen LogP contribution < -0.4 is 0 Å². The first-order valence-electron chi connectivity index (χ1n) is 9.02. The Labute approximate surface area is 143 Å². The summed E-state index contributed by atoms with van der Waals surface area (Å²) in [4.78, 5) is 7.50. The SMILES string of the molecule is Cc1cccc(Cn2c(CN3CCCCC3)nc3ccccc32)c1. The third-order valence-corrected chi connectivity index (χ3v) is 4.97. The van der Waals surface area contributed by atoms with Crippen molar-refractivity contribution in [1.82, 2.24) is 14.5 Å². The Bertz CT molecular complexity index is 828. The van der Waals surface area contributed by atoms with Gasteiger partial charge in [-0.2, -0.15) is 0 Å². The summed E-state index contributed by atoms with van der Waals surface area (Å²) in [7, 11) is 0. The van der Waals surface area contributed by atoms with Crippen molar-refractivity contribution in [3.05, 3.63) is 65.5 Å². The molecule has 4 rings (SSSR count). The zero-order chi connectivity index (χ0) is 16.4. The van der Waals surface area contributed by atoms with Gasteiger partial charge in [0.05, 0.1) is 17.6 Å². The maximum absolute atomic E-state index is 4.95. The molecule has 0 N–H and O–H groups in total. The Morgan fingerprint density at radius 1 is 0.917 bits per heavy atom. The average molecular weight is 319 g/mol. The molecule has 1 fully saturated rings. The van der Waals surface area contributed by atoms with E-state index in [4.69, 9.17) is 4.98 Å². The number of fused-ring (bicyclic) bond motifs is 1. The van der Waals surface area contributed by atoms with Gasteiger partial charge in [-0.15, -0.1) is 0 Å². The van der Waals surface area contributed by atoms with Crippen LogP contribution in [0.1, 0.15) is 36.2 Å². The number of para-hydroxylation sites is 2. The number of imidazole rings is 1. The summed E-state index contributed by atoms with van der Waals surface area (Å²) >= 11 is 0. The molecule has 0 aliphatic carbocycles. The quantitative estimate of drug-likeness (QED) is 0.711. The van der Waals surface area contributed by atoms with Gasteiger partial charge in [0.1, 0.15) is 5.82 Å². The van der Waals surface area contributed by atoms with Crippen molar-refractivity contribution in [3.8, 4) is 0 Å². The molecule has 0 saturated carbocycles.